The molecule has 1 amide bonds. The maximum atomic E-state index is 12.8. The third kappa shape index (κ3) is 6.03. The molecular weight excluding hydrogens is 297 g/mol. The molecule has 1 aromatic carbocycles. The number of nitrogens with one attached hydrogen (secondary N) is 1. The van der Waals surface area contributed by atoms with Gasteiger partial charge in [-0.05, 0) is 49.6 Å². The fourth-order valence-electron chi connectivity index (χ4n) is 1.55. The monoisotopic (exact) mass is 315 g/mol. The van der Waals surface area contributed by atoms with E-state index in [1.54, 1.807) is 0 Å². The Morgan fingerprint density at radius 2 is 2.00 bits per heavy atom. The number of carboxylic acid groups (broad SMARTS) is 1. The van der Waals surface area contributed by atoms with Gasteiger partial charge in [-0.15, -0.1) is 0 Å². The summed E-state index contributed by atoms with van der Waals surface area (Å²) < 4.78 is 18.1. The van der Waals surface area contributed by atoms with Gasteiger partial charge >= 0.3 is 5.97 Å². The summed E-state index contributed by atoms with van der Waals surface area (Å²) in [5, 5.41) is 11.5. The predicted molar refractivity (Wildman–Crippen MR) is 79.1 cm³/mol. The molecule has 2 N–H and O–H groups in total. The molecule has 21 heavy (non-hydrogen) atoms. The Morgan fingerprint density at radius 3 is 2.52 bits per heavy atom. The van der Waals surface area contributed by atoms with Gasteiger partial charge in [-0.3, -0.25) is 4.79 Å². The molecule has 7 heteroatoms. The highest BCUT2D eigenvalue weighted by Crippen LogP contribution is 2.13. The average molecular weight is 315 g/mol. The lowest BCUT2D eigenvalue weighted by molar-refractivity contribution is -0.142. The summed E-state index contributed by atoms with van der Waals surface area (Å²) in [6, 6.07) is 4.31. The predicted octanol–water partition coefficient (Wildman–Crippen LogP) is 1.92. The number of hydrogen-bond donors (Lipinski definition) is 2. The molecule has 0 spiro atoms. The van der Waals surface area contributed by atoms with Gasteiger partial charge in [0.15, 0.2) is 6.10 Å². The maximum Gasteiger partial charge on any atom is 0.326 e. The lowest BCUT2D eigenvalue weighted by atomic mass is 10.2. The van der Waals surface area contributed by atoms with Crippen molar-refractivity contribution in [1.82, 2.24) is 5.32 Å². The van der Waals surface area contributed by atoms with Crippen molar-refractivity contribution in [2.24, 2.45) is 0 Å². The number of ether oxygens (including phenoxy) is 1. The number of carboxylic acids is 1. The van der Waals surface area contributed by atoms with E-state index >= 15 is 0 Å². The Bertz CT molecular complexity index is 480. The molecule has 0 radical (unpaired) electrons. The number of benzene rings is 1. The quantitative estimate of drug-likeness (QED) is 0.766. The van der Waals surface area contributed by atoms with E-state index < -0.39 is 29.8 Å². The Labute approximate surface area is 126 Å². The van der Waals surface area contributed by atoms with Crippen molar-refractivity contribution in [3.63, 3.8) is 0 Å². The number of thioether (sulfide) groups is 1. The number of carbonyl (C=O) groups is 2. The molecule has 0 fully saturated rings. The second-order valence-electron chi connectivity index (χ2n) is 4.39. The van der Waals surface area contributed by atoms with E-state index in [-0.39, 0.29) is 0 Å². The minimum atomic E-state index is -1.08. The van der Waals surface area contributed by atoms with Gasteiger partial charge in [-0.1, -0.05) is 0 Å². The van der Waals surface area contributed by atoms with E-state index in [0.717, 1.165) is 0 Å². The van der Waals surface area contributed by atoms with Gasteiger partial charge in [0.2, 0.25) is 0 Å². The Hall–Kier alpha value is -1.76. The number of hydrogen-bond acceptors (Lipinski definition) is 4. The molecular formula is C14H18FNO4S. The third-order valence-electron chi connectivity index (χ3n) is 2.72. The molecule has 1 aromatic rings. The zero-order chi connectivity index (χ0) is 15.8. The molecule has 5 nitrogen and oxygen atoms in total. The molecule has 0 aromatic heterocycles. The van der Waals surface area contributed by atoms with Crippen molar-refractivity contribution in [3.8, 4) is 5.75 Å². The first-order valence-electron chi connectivity index (χ1n) is 6.38. The second kappa shape index (κ2) is 8.51. The van der Waals surface area contributed by atoms with Gasteiger partial charge in [0.05, 0.1) is 0 Å². The van der Waals surface area contributed by atoms with Gasteiger partial charge in [0.1, 0.15) is 17.6 Å². The Kier molecular flexibility index (Phi) is 7.01. The zero-order valence-corrected chi connectivity index (χ0v) is 12.7. The van der Waals surface area contributed by atoms with Gasteiger partial charge in [0.25, 0.3) is 5.91 Å². The highest BCUT2D eigenvalue weighted by Gasteiger charge is 2.23. The van der Waals surface area contributed by atoms with Crippen molar-refractivity contribution >= 4 is 23.6 Å². The maximum absolute atomic E-state index is 12.8. The first kappa shape index (κ1) is 17.3. The van der Waals surface area contributed by atoms with Crippen LogP contribution in [0.25, 0.3) is 0 Å². The van der Waals surface area contributed by atoms with E-state index in [0.29, 0.717) is 17.9 Å². The molecule has 116 valence electrons. The number of halogens is 1. The SMILES string of the molecule is CSCC[C@@H](NC(=O)[C@H](C)Oc1ccc(F)cc1)C(=O)O. The van der Waals surface area contributed by atoms with Crippen molar-refractivity contribution in [1.29, 1.82) is 0 Å². The lowest BCUT2D eigenvalue weighted by Gasteiger charge is -2.18. The molecule has 2 atom stereocenters. The molecule has 0 bridgehead atoms. The first-order chi connectivity index (χ1) is 9.93. The summed E-state index contributed by atoms with van der Waals surface area (Å²) in [6.07, 6.45) is 1.33. The smallest absolute Gasteiger partial charge is 0.326 e. The van der Waals surface area contributed by atoms with Crippen molar-refractivity contribution in [2.75, 3.05) is 12.0 Å². The van der Waals surface area contributed by atoms with E-state index in [4.69, 9.17) is 9.84 Å². The van der Waals surface area contributed by atoms with Crippen LogP contribution in [-0.4, -0.2) is 41.1 Å². The third-order valence-corrected chi connectivity index (χ3v) is 3.36. The van der Waals surface area contributed by atoms with Crippen molar-refractivity contribution in [3.05, 3.63) is 30.1 Å². The molecule has 0 aliphatic carbocycles. The summed E-state index contributed by atoms with van der Waals surface area (Å²) in [7, 11) is 0. The van der Waals surface area contributed by atoms with Crippen LogP contribution >= 0.6 is 11.8 Å². The first-order valence-corrected chi connectivity index (χ1v) is 7.77. The van der Waals surface area contributed by atoms with Crippen LogP contribution in [0, 0.1) is 5.82 Å². The van der Waals surface area contributed by atoms with Gasteiger partial charge in [-0.2, -0.15) is 11.8 Å². The number of aliphatic carboxylic acids is 1. The second-order valence-corrected chi connectivity index (χ2v) is 5.38. The van der Waals surface area contributed by atoms with Crippen LogP contribution in [-0.2, 0) is 9.59 Å². The molecule has 0 aliphatic heterocycles. The fraction of sp³-hybridized carbons (Fsp3) is 0.429. The zero-order valence-electron chi connectivity index (χ0n) is 11.8. The topological polar surface area (TPSA) is 75.6 Å². The van der Waals surface area contributed by atoms with Gasteiger partial charge in [0, 0.05) is 0 Å². The van der Waals surface area contributed by atoms with Crippen LogP contribution in [0.5, 0.6) is 5.75 Å². The van der Waals surface area contributed by atoms with Crippen LogP contribution < -0.4 is 10.1 Å². The molecule has 0 unspecified atom stereocenters. The highest BCUT2D eigenvalue weighted by molar-refractivity contribution is 7.98. The lowest BCUT2D eigenvalue weighted by Crippen LogP contribution is -2.46. The number of amides is 1. The minimum Gasteiger partial charge on any atom is -0.481 e. The van der Waals surface area contributed by atoms with Gasteiger partial charge in [-0.25, -0.2) is 9.18 Å². The van der Waals surface area contributed by atoms with E-state index in [1.165, 1.54) is 43.0 Å². The minimum absolute atomic E-state index is 0.339. The van der Waals surface area contributed by atoms with E-state index in [2.05, 4.69) is 5.32 Å². The standard InChI is InChI=1S/C14H18FNO4S/c1-9(20-11-5-3-10(15)4-6-11)13(17)16-12(14(18)19)7-8-21-2/h3-6,9,12H,7-8H2,1-2H3,(H,16,17)(H,18,19)/t9-,12+/m0/s1. The molecule has 1 rings (SSSR count). The molecule has 0 aliphatic rings. The normalized spacial score (nSPS) is 13.3. The molecule has 0 saturated carbocycles. The van der Waals surface area contributed by atoms with Gasteiger partial charge < -0.3 is 15.2 Å². The van der Waals surface area contributed by atoms with E-state index in [9.17, 15) is 14.0 Å². The van der Waals surface area contributed by atoms with Crippen LogP contribution in [0.15, 0.2) is 24.3 Å². The molecule has 0 saturated heterocycles. The summed E-state index contributed by atoms with van der Waals surface area (Å²) in [5.74, 6) is -1.03. The number of carbonyl (C=O) groups excluding carboxylic acids is 1. The summed E-state index contributed by atoms with van der Waals surface area (Å²) in [6.45, 7) is 1.51. The average Bonchev–Trinajstić information content (AvgIpc) is 2.45. The van der Waals surface area contributed by atoms with Crippen LogP contribution in [0.3, 0.4) is 0 Å². The summed E-state index contributed by atoms with van der Waals surface area (Å²) in [5.41, 5.74) is 0. The largest absolute Gasteiger partial charge is 0.481 e. The van der Waals surface area contributed by atoms with Crippen LogP contribution in [0.2, 0.25) is 0 Å². The van der Waals surface area contributed by atoms with Crippen LogP contribution in [0.4, 0.5) is 4.39 Å². The Balaban J connectivity index is 2.56. The van der Waals surface area contributed by atoms with Crippen molar-refractivity contribution < 1.29 is 23.8 Å². The summed E-state index contributed by atoms with van der Waals surface area (Å²) >= 11 is 1.51. The van der Waals surface area contributed by atoms with E-state index in [1.807, 2.05) is 6.26 Å². The van der Waals surface area contributed by atoms with Crippen LogP contribution in [0.1, 0.15) is 13.3 Å². The van der Waals surface area contributed by atoms with Crippen molar-refractivity contribution in [2.45, 2.75) is 25.5 Å². The Morgan fingerprint density at radius 1 is 1.38 bits per heavy atom. The number of rotatable bonds is 8. The highest BCUT2D eigenvalue weighted by atomic mass is 32.2. The summed E-state index contributed by atoms with van der Waals surface area (Å²) in [4.78, 5) is 23.0. The molecule has 0 heterocycles. The fourth-order valence-corrected chi connectivity index (χ4v) is 2.02.